The smallest absolute Gasteiger partial charge is 0.00297 e. The van der Waals surface area contributed by atoms with E-state index in [0.717, 1.165) is 5.92 Å². The maximum absolute atomic E-state index is 4.60. The van der Waals surface area contributed by atoms with Crippen molar-refractivity contribution in [3.05, 3.63) is 53.1 Å². The Kier molecular flexibility index (Phi) is 11.8. The lowest BCUT2D eigenvalue weighted by atomic mass is 9.97. The molecule has 1 aromatic carbocycles. The molecular formula is C23H34. The monoisotopic (exact) mass is 310 g/mol. The molecule has 2 rings (SSSR count). The number of benzene rings is 1. The van der Waals surface area contributed by atoms with Crippen LogP contribution in [0.1, 0.15) is 71.4 Å². The summed E-state index contributed by atoms with van der Waals surface area (Å²) in [6.45, 7) is 12.5. The molecule has 0 N–H and O–H groups in total. The molecule has 0 atom stereocenters. The Bertz CT molecular complexity index is 527. The number of hydrogen-bond acceptors (Lipinski definition) is 0. The van der Waals surface area contributed by atoms with Crippen LogP contribution in [0.5, 0.6) is 0 Å². The molecule has 1 aliphatic rings. The highest BCUT2D eigenvalue weighted by Crippen LogP contribution is 2.23. The third kappa shape index (κ3) is 9.09. The van der Waals surface area contributed by atoms with Gasteiger partial charge in [0.25, 0.3) is 0 Å². The molecule has 0 aliphatic heterocycles. The Morgan fingerprint density at radius 3 is 2.04 bits per heavy atom. The van der Waals surface area contributed by atoms with Crippen LogP contribution in [-0.4, -0.2) is 0 Å². The standard InChI is InChI=1S/C14H18.C6H12.C3H4/c1-5-8-13(11(2)3)14-10-7-6-9-12(14)4;1-6-4-2-3-5-6;1-3-2/h5-10H,1-4H3;6H,2-5H2,1H3;1H,2H3/b8-5-;;. The predicted molar refractivity (Wildman–Crippen MR) is 106 cm³/mol. The van der Waals surface area contributed by atoms with E-state index in [-0.39, 0.29) is 0 Å². The quantitative estimate of drug-likeness (QED) is 0.400. The molecule has 0 amide bonds. The van der Waals surface area contributed by atoms with Gasteiger partial charge in [0.2, 0.25) is 0 Å². The summed E-state index contributed by atoms with van der Waals surface area (Å²) < 4.78 is 0. The maximum atomic E-state index is 4.60. The minimum atomic E-state index is 1.05. The number of allylic oxidation sites excluding steroid dienone is 4. The van der Waals surface area contributed by atoms with E-state index in [4.69, 9.17) is 0 Å². The molecule has 0 aromatic heterocycles. The van der Waals surface area contributed by atoms with E-state index in [0.29, 0.717) is 0 Å². The van der Waals surface area contributed by atoms with Gasteiger partial charge in [0, 0.05) is 0 Å². The Balaban J connectivity index is 0.000000442. The van der Waals surface area contributed by atoms with Crippen LogP contribution in [0, 0.1) is 25.2 Å². The first-order valence-corrected chi connectivity index (χ1v) is 8.71. The Morgan fingerprint density at radius 2 is 1.70 bits per heavy atom. The van der Waals surface area contributed by atoms with Gasteiger partial charge in [0.05, 0.1) is 0 Å². The van der Waals surface area contributed by atoms with Crippen molar-refractivity contribution in [3.8, 4) is 12.3 Å². The number of terminal acetylenes is 1. The molecule has 0 nitrogen and oxygen atoms in total. The van der Waals surface area contributed by atoms with Crippen molar-refractivity contribution < 1.29 is 0 Å². The average molecular weight is 311 g/mol. The van der Waals surface area contributed by atoms with E-state index >= 15 is 0 Å². The van der Waals surface area contributed by atoms with Gasteiger partial charge in [-0.3, -0.25) is 0 Å². The van der Waals surface area contributed by atoms with Crippen molar-refractivity contribution in [1.82, 2.24) is 0 Å². The van der Waals surface area contributed by atoms with Crippen LogP contribution < -0.4 is 0 Å². The van der Waals surface area contributed by atoms with Crippen LogP contribution in [0.15, 0.2) is 42.0 Å². The summed E-state index contributed by atoms with van der Waals surface area (Å²) in [5, 5.41) is 0. The molecule has 23 heavy (non-hydrogen) atoms. The molecule has 126 valence electrons. The van der Waals surface area contributed by atoms with E-state index in [1.165, 1.54) is 48.0 Å². The lowest BCUT2D eigenvalue weighted by Gasteiger charge is -2.08. The second kappa shape index (κ2) is 12.8. The van der Waals surface area contributed by atoms with Crippen LogP contribution >= 0.6 is 0 Å². The van der Waals surface area contributed by atoms with E-state index < -0.39 is 0 Å². The highest BCUT2D eigenvalue weighted by molar-refractivity contribution is 5.77. The van der Waals surface area contributed by atoms with Crippen LogP contribution in [0.25, 0.3) is 5.57 Å². The summed E-state index contributed by atoms with van der Waals surface area (Å²) in [5.74, 6) is 3.30. The summed E-state index contributed by atoms with van der Waals surface area (Å²) >= 11 is 0. The Labute approximate surface area is 144 Å². The van der Waals surface area contributed by atoms with Gasteiger partial charge in [0.1, 0.15) is 0 Å². The van der Waals surface area contributed by atoms with Crippen molar-refractivity contribution in [3.63, 3.8) is 0 Å². The van der Waals surface area contributed by atoms with Gasteiger partial charge in [-0.25, -0.2) is 0 Å². The molecule has 0 spiro atoms. The first kappa shape index (κ1) is 21.3. The number of aryl methyl sites for hydroxylation is 1. The fourth-order valence-corrected chi connectivity index (χ4v) is 2.70. The Hall–Kier alpha value is -1.74. The molecule has 0 radical (unpaired) electrons. The molecule has 0 heteroatoms. The number of rotatable bonds is 2. The largest absolute Gasteiger partial charge is 0.120 e. The number of hydrogen-bond donors (Lipinski definition) is 0. The van der Waals surface area contributed by atoms with Gasteiger partial charge < -0.3 is 0 Å². The minimum absolute atomic E-state index is 1.05. The fourth-order valence-electron chi connectivity index (χ4n) is 2.70. The molecule has 1 aromatic rings. The zero-order valence-corrected chi connectivity index (χ0v) is 15.9. The summed E-state index contributed by atoms with van der Waals surface area (Å²) in [6, 6.07) is 8.51. The molecular weight excluding hydrogens is 276 g/mol. The molecule has 1 saturated carbocycles. The lowest BCUT2D eigenvalue weighted by molar-refractivity contribution is 0.612. The SMILES string of the molecule is C#CC.C/C=C\C(=C(C)C)c1ccccc1C.CC1CCCC1. The maximum Gasteiger partial charge on any atom is -0.00297 e. The van der Waals surface area contributed by atoms with Crippen LogP contribution in [-0.2, 0) is 0 Å². The van der Waals surface area contributed by atoms with Crippen LogP contribution in [0.2, 0.25) is 0 Å². The lowest BCUT2D eigenvalue weighted by Crippen LogP contribution is -1.87. The summed E-state index contributed by atoms with van der Waals surface area (Å²) in [6.07, 6.45) is 14.8. The van der Waals surface area contributed by atoms with Crippen molar-refractivity contribution in [2.75, 3.05) is 0 Å². The molecule has 1 aliphatic carbocycles. The van der Waals surface area contributed by atoms with Crippen LogP contribution in [0.4, 0.5) is 0 Å². The first-order chi connectivity index (χ1) is 11.0. The molecule has 0 bridgehead atoms. The third-order valence-corrected chi connectivity index (χ3v) is 3.95. The van der Waals surface area contributed by atoms with Gasteiger partial charge >= 0.3 is 0 Å². The molecule has 1 fully saturated rings. The summed E-state index contributed by atoms with van der Waals surface area (Å²) in [5.41, 5.74) is 5.37. The van der Waals surface area contributed by atoms with E-state index in [9.17, 15) is 0 Å². The summed E-state index contributed by atoms with van der Waals surface area (Å²) in [4.78, 5) is 0. The van der Waals surface area contributed by atoms with Crippen molar-refractivity contribution in [1.29, 1.82) is 0 Å². The highest BCUT2D eigenvalue weighted by Gasteiger charge is 2.07. The van der Waals surface area contributed by atoms with Gasteiger partial charge in [-0.05, 0) is 57.2 Å². The average Bonchev–Trinajstić information content (AvgIpc) is 2.98. The zero-order valence-electron chi connectivity index (χ0n) is 15.9. The third-order valence-electron chi connectivity index (χ3n) is 3.95. The van der Waals surface area contributed by atoms with Crippen LogP contribution in [0.3, 0.4) is 0 Å². The second-order valence-electron chi connectivity index (χ2n) is 6.41. The topological polar surface area (TPSA) is 0 Å². The van der Waals surface area contributed by atoms with Gasteiger partial charge in [-0.1, -0.05) is 74.6 Å². The van der Waals surface area contributed by atoms with Crippen molar-refractivity contribution >= 4 is 5.57 Å². The molecule has 0 heterocycles. The molecule has 0 saturated heterocycles. The molecule has 0 unspecified atom stereocenters. The van der Waals surface area contributed by atoms with Gasteiger partial charge in [-0.2, -0.15) is 0 Å². The Morgan fingerprint density at radius 1 is 1.17 bits per heavy atom. The van der Waals surface area contributed by atoms with Gasteiger partial charge in [0.15, 0.2) is 0 Å². The van der Waals surface area contributed by atoms with Crippen molar-refractivity contribution in [2.45, 2.75) is 67.2 Å². The van der Waals surface area contributed by atoms with Crippen molar-refractivity contribution in [2.24, 2.45) is 5.92 Å². The fraction of sp³-hybridized carbons (Fsp3) is 0.478. The predicted octanol–water partition coefficient (Wildman–Crippen LogP) is 7.20. The summed E-state index contributed by atoms with van der Waals surface area (Å²) in [7, 11) is 0. The van der Waals surface area contributed by atoms with E-state index in [1.54, 1.807) is 6.92 Å². The second-order valence-corrected chi connectivity index (χ2v) is 6.41. The highest BCUT2D eigenvalue weighted by atomic mass is 14.1. The normalized spacial score (nSPS) is 13.4. The van der Waals surface area contributed by atoms with Gasteiger partial charge in [-0.15, -0.1) is 12.3 Å². The zero-order chi connectivity index (χ0) is 17.7. The van der Waals surface area contributed by atoms with E-state index in [2.05, 4.69) is 83.4 Å². The van der Waals surface area contributed by atoms with E-state index in [1.807, 2.05) is 0 Å². The first-order valence-electron chi connectivity index (χ1n) is 8.71. The minimum Gasteiger partial charge on any atom is -0.120 e.